The average molecular weight is 258 g/mol. The molecule has 0 unspecified atom stereocenters. The van der Waals surface area contributed by atoms with Gasteiger partial charge in [-0.2, -0.15) is 0 Å². The number of carbonyl (C=O) groups excluding carboxylic acids is 3. The van der Waals surface area contributed by atoms with Crippen LogP contribution >= 0.6 is 0 Å². The summed E-state index contributed by atoms with van der Waals surface area (Å²) in [5.41, 5.74) is 5.20. The van der Waals surface area contributed by atoms with Crippen LogP contribution in [-0.4, -0.2) is 30.4 Å². The number of primary amides is 1. The lowest BCUT2D eigenvalue weighted by Gasteiger charge is -2.19. The largest absolute Gasteiger partial charge is 0.466 e. The molecule has 0 heterocycles. The van der Waals surface area contributed by atoms with Crippen molar-refractivity contribution in [2.75, 3.05) is 6.61 Å². The van der Waals surface area contributed by atoms with Crippen molar-refractivity contribution in [3.63, 3.8) is 0 Å². The van der Waals surface area contributed by atoms with Gasteiger partial charge in [-0.05, 0) is 13.3 Å². The Labute approximate surface area is 107 Å². The molecule has 0 saturated heterocycles. The highest BCUT2D eigenvalue weighted by atomic mass is 16.5. The minimum absolute atomic E-state index is 0.145. The molecule has 0 rings (SSSR count). The molecule has 0 aliphatic rings. The van der Waals surface area contributed by atoms with Crippen LogP contribution in [0.15, 0.2) is 0 Å². The Hall–Kier alpha value is -1.59. The number of ether oxygens (including phenoxy) is 1. The van der Waals surface area contributed by atoms with Crippen molar-refractivity contribution in [1.82, 2.24) is 5.32 Å². The summed E-state index contributed by atoms with van der Waals surface area (Å²) in [6, 6.07) is -0.848. The average Bonchev–Trinajstić information content (AvgIpc) is 2.27. The van der Waals surface area contributed by atoms with E-state index in [0.717, 1.165) is 0 Å². The molecule has 0 aromatic rings. The second kappa shape index (κ2) is 7.68. The summed E-state index contributed by atoms with van der Waals surface area (Å²) >= 11 is 0. The van der Waals surface area contributed by atoms with Crippen LogP contribution in [0, 0.1) is 11.8 Å². The minimum atomic E-state index is -0.848. The van der Waals surface area contributed by atoms with Crippen molar-refractivity contribution >= 4 is 17.8 Å². The molecule has 2 amide bonds. The first-order valence-electron chi connectivity index (χ1n) is 6.05. The number of carbonyl (C=O) groups is 3. The second-order valence-corrected chi connectivity index (χ2v) is 4.51. The fourth-order valence-corrected chi connectivity index (χ4v) is 1.32. The summed E-state index contributed by atoms with van der Waals surface area (Å²) in [6.07, 6.45) is 0.145. The predicted molar refractivity (Wildman–Crippen MR) is 66.4 cm³/mol. The van der Waals surface area contributed by atoms with E-state index in [1.165, 1.54) is 0 Å². The smallest absolute Gasteiger partial charge is 0.308 e. The highest BCUT2D eigenvalue weighted by Crippen LogP contribution is 2.09. The molecule has 18 heavy (non-hydrogen) atoms. The van der Waals surface area contributed by atoms with Gasteiger partial charge in [-0.1, -0.05) is 20.8 Å². The van der Waals surface area contributed by atoms with Crippen LogP contribution < -0.4 is 11.1 Å². The van der Waals surface area contributed by atoms with E-state index in [1.54, 1.807) is 27.7 Å². The van der Waals surface area contributed by atoms with Gasteiger partial charge >= 0.3 is 5.97 Å². The molecular weight excluding hydrogens is 236 g/mol. The molecule has 0 aromatic heterocycles. The third kappa shape index (κ3) is 5.65. The number of amides is 2. The molecule has 0 aromatic carbocycles. The quantitative estimate of drug-likeness (QED) is 0.637. The van der Waals surface area contributed by atoms with E-state index >= 15 is 0 Å². The number of hydrogen-bond acceptors (Lipinski definition) is 4. The van der Waals surface area contributed by atoms with Crippen LogP contribution in [0.4, 0.5) is 0 Å². The highest BCUT2D eigenvalue weighted by Gasteiger charge is 2.25. The Kier molecular flexibility index (Phi) is 7.00. The van der Waals surface area contributed by atoms with Crippen molar-refractivity contribution in [3.8, 4) is 0 Å². The summed E-state index contributed by atoms with van der Waals surface area (Å²) in [6.45, 7) is 7.04. The topological polar surface area (TPSA) is 98.5 Å². The first kappa shape index (κ1) is 16.4. The molecule has 2 atom stereocenters. The first-order valence-corrected chi connectivity index (χ1v) is 6.05. The van der Waals surface area contributed by atoms with E-state index in [1.807, 2.05) is 0 Å². The van der Waals surface area contributed by atoms with Crippen molar-refractivity contribution in [2.24, 2.45) is 17.6 Å². The maximum Gasteiger partial charge on any atom is 0.308 e. The van der Waals surface area contributed by atoms with Crippen molar-refractivity contribution in [1.29, 1.82) is 0 Å². The Morgan fingerprint density at radius 3 is 2.17 bits per heavy atom. The molecule has 0 aliphatic heterocycles. The van der Waals surface area contributed by atoms with Gasteiger partial charge in [0.15, 0.2) is 0 Å². The molecule has 104 valence electrons. The molecule has 0 radical (unpaired) electrons. The number of rotatable bonds is 7. The van der Waals surface area contributed by atoms with E-state index in [2.05, 4.69) is 5.32 Å². The van der Waals surface area contributed by atoms with E-state index in [4.69, 9.17) is 10.5 Å². The Morgan fingerprint density at radius 2 is 1.78 bits per heavy atom. The molecular formula is C12H22N2O4. The normalized spacial score (nSPS) is 13.8. The van der Waals surface area contributed by atoms with Gasteiger partial charge in [0.25, 0.3) is 0 Å². The number of nitrogens with two attached hydrogens (primary N) is 1. The first-order chi connectivity index (χ1) is 8.29. The number of nitrogens with one attached hydrogen (secondary N) is 1. The third-order valence-corrected chi connectivity index (χ3v) is 2.46. The molecule has 6 heteroatoms. The van der Waals surface area contributed by atoms with Gasteiger partial charge in [-0.15, -0.1) is 0 Å². The van der Waals surface area contributed by atoms with Crippen molar-refractivity contribution in [3.05, 3.63) is 0 Å². The van der Waals surface area contributed by atoms with Gasteiger partial charge < -0.3 is 15.8 Å². The van der Waals surface area contributed by atoms with Crippen LogP contribution in [0.3, 0.4) is 0 Å². The lowest BCUT2D eigenvalue weighted by molar-refractivity contribution is -0.148. The zero-order chi connectivity index (χ0) is 14.3. The molecule has 0 spiro atoms. The molecule has 6 nitrogen and oxygen atoms in total. The van der Waals surface area contributed by atoms with Crippen LogP contribution in [0.5, 0.6) is 0 Å². The fraction of sp³-hybridized carbons (Fsp3) is 0.750. The van der Waals surface area contributed by atoms with Crippen LogP contribution in [0.2, 0.25) is 0 Å². The van der Waals surface area contributed by atoms with Gasteiger partial charge in [-0.3, -0.25) is 14.4 Å². The second-order valence-electron chi connectivity index (χ2n) is 4.51. The molecule has 0 saturated carbocycles. The molecule has 0 aliphatic carbocycles. The molecule has 0 bridgehead atoms. The van der Waals surface area contributed by atoms with Crippen molar-refractivity contribution < 1.29 is 19.1 Å². The van der Waals surface area contributed by atoms with E-state index in [9.17, 15) is 14.4 Å². The highest BCUT2D eigenvalue weighted by molar-refractivity contribution is 5.87. The minimum Gasteiger partial charge on any atom is -0.466 e. The summed E-state index contributed by atoms with van der Waals surface area (Å²) in [7, 11) is 0. The predicted octanol–water partition coefficient (Wildman–Crippen LogP) is 0.202. The fourth-order valence-electron chi connectivity index (χ4n) is 1.32. The van der Waals surface area contributed by atoms with E-state index in [0.29, 0.717) is 0 Å². The van der Waals surface area contributed by atoms with E-state index in [-0.39, 0.29) is 24.9 Å². The summed E-state index contributed by atoms with van der Waals surface area (Å²) in [5.74, 6) is -2.06. The van der Waals surface area contributed by atoms with Crippen LogP contribution in [-0.2, 0) is 19.1 Å². The maximum atomic E-state index is 11.5. The Bertz CT molecular complexity index is 315. The maximum absolute atomic E-state index is 11.5. The number of hydrogen-bond donors (Lipinski definition) is 2. The van der Waals surface area contributed by atoms with Crippen molar-refractivity contribution in [2.45, 2.75) is 40.2 Å². The van der Waals surface area contributed by atoms with Gasteiger partial charge in [0, 0.05) is 5.92 Å². The van der Waals surface area contributed by atoms with Gasteiger partial charge in [0.2, 0.25) is 11.8 Å². The lowest BCUT2D eigenvalue weighted by Crippen LogP contribution is -2.47. The Balaban J connectivity index is 4.49. The van der Waals surface area contributed by atoms with Gasteiger partial charge in [0.1, 0.15) is 6.04 Å². The zero-order valence-electron chi connectivity index (χ0n) is 11.4. The van der Waals surface area contributed by atoms with Crippen LogP contribution in [0.1, 0.15) is 34.1 Å². The lowest BCUT2D eigenvalue weighted by atomic mass is 10.0. The van der Waals surface area contributed by atoms with Crippen LogP contribution in [0.25, 0.3) is 0 Å². The summed E-state index contributed by atoms with van der Waals surface area (Å²) in [4.78, 5) is 34.2. The zero-order valence-corrected chi connectivity index (χ0v) is 11.4. The van der Waals surface area contributed by atoms with Gasteiger partial charge in [0.05, 0.1) is 12.5 Å². The SMILES string of the molecule is CCOC(=O)[C@@H](C)C[C@H](NC(=O)C(C)C)C(N)=O. The molecule has 0 fully saturated rings. The summed E-state index contributed by atoms with van der Waals surface area (Å²) < 4.78 is 4.83. The summed E-state index contributed by atoms with van der Waals surface area (Å²) in [5, 5.41) is 2.52. The van der Waals surface area contributed by atoms with E-state index < -0.39 is 23.8 Å². The molecule has 3 N–H and O–H groups in total. The monoisotopic (exact) mass is 258 g/mol. The van der Waals surface area contributed by atoms with Gasteiger partial charge in [-0.25, -0.2) is 0 Å². The standard InChI is InChI=1S/C12H22N2O4/c1-5-18-12(17)8(4)6-9(10(13)15)14-11(16)7(2)3/h7-9H,5-6H2,1-4H3,(H2,13,15)(H,14,16)/t8-,9-/m0/s1. The third-order valence-electron chi connectivity index (χ3n) is 2.46. The number of esters is 1. The Morgan fingerprint density at radius 1 is 1.22 bits per heavy atom.